The van der Waals surface area contributed by atoms with E-state index in [4.69, 9.17) is 14.2 Å². The van der Waals surface area contributed by atoms with E-state index in [1.54, 1.807) is 19.1 Å². The number of carbonyl (C=O) groups excluding carboxylic acids is 3. The van der Waals surface area contributed by atoms with Gasteiger partial charge in [-0.25, -0.2) is 4.79 Å². The number of esters is 1. The molecule has 1 aliphatic heterocycles. The molecule has 1 aromatic rings. The van der Waals surface area contributed by atoms with Crippen LogP contribution in [0.15, 0.2) is 42.0 Å². The van der Waals surface area contributed by atoms with E-state index in [9.17, 15) is 14.4 Å². The lowest BCUT2D eigenvalue weighted by Crippen LogP contribution is -2.28. The Hall–Kier alpha value is -3.42. The topological polar surface area (TPSA) is 94.5 Å². The molecule has 3 aliphatic rings. The van der Waals surface area contributed by atoms with Gasteiger partial charge in [0.25, 0.3) is 11.8 Å². The van der Waals surface area contributed by atoms with Crippen molar-refractivity contribution in [2.45, 2.75) is 26.7 Å². The second-order valence-corrected chi connectivity index (χ2v) is 8.26. The maximum atomic E-state index is 12.9. The lowest BCUT2D eigenvalue weighted by molar-refractivity contribution is -0.145. The molecule has 8 nitrogen and oxygen atoms in total. The minimum atomic E-state index is -0.477. The quantitative estimate of drug-likeness (QED) is 0.235. The smallest absolute Gasteiger partial charge is 0.344 e. The zero-order valence-electron chi connectivity index (χ0n) is 18.9. The average Bonchev–Trinajstić information content (AvgIpc) is 3.47. The van der Waals surface area contributed by atoms with Crippen LogP contribution in [0.3, 0.4) is 0 Å². The predicted molar refractivity (Wildman–Crippen MR) is 121 cm³/mol. The standard InChI is InChI=1S/C25H28N2O6/c1-4-7-18-10-15(11-19(31-5-2)23(18)33-14-20(28)32-6-3)13-26-27-24(29)21-16-8-9-17(12-16)22(21)25(27)30/h4,8-11,13,16-17,21-22H,1,5-7,12,14H2,2-3H3. The molecule has 1 saturated carbocycles. The van der Waals surface area contributed by atoms with Crippen molar-refractivity contribution in [2.24, 2.45) is 28.8 Å². The molecule has 8 heteroatoms. The number of rotatable bonds is 10. The van der Waals surface area contributed by atoms with E-state index < -0.39 is 5.97 Å². The summed E-state index contributed by atoms with van der Waals surface area (Å²) >= 11 is 0. The molecule has 0 aromatic heterocycles. The summed E-state index contributed by atoms with van der Waals surface area (Å²) in [4.78, 5) is 37.5. The Morgan fingerprint density at radius 1 is 1.12 bits per heavy atom. The van der Waals surface area contributed by atoms with Crippen molar-refractivity contribution in [3.63, 3.8) is 0 Å². The first-order valence-electron chi connectivity index (χ1n) is 11.3. The summed E-state index contributed by atoms with van der Waals surface area (Å²) in [5.74, 6) is -0.402. The van der Waals surface area contributed by atoms with E-state index in [1.807, 2.05) is 13.0 Å². The Bertz CT molecular complexity index is 1000. The molecule has 0 spiro atoms. The molecule has 2 aliphatic carbocycles. The van der Waals surface area contributed by atoms with E-state index >= 15 is 0 Å². The van der Waals surface area contributed by atoms with E-state index in [0.717, 1.165) is 17.0 Å². The van der Waals surface area contributed by atoms with Gasteiger partial charge >= 0.3 is 5.97 Å². The van der Waals surface area contributed by atoms with Crippen molar-refractivity contribution in [3.05, 3.63) is 48.1 Å². The van der Waals surface area contributed by atoms with Crippen LogP contribution in [-0.2, 0) is 25.5 Å². The van der Waals surface area contributed by atoms with E-state index in [2.05, 4.69) is 23.8 Å². The van der Waals surface area contributed by atoms with Crippen LogP contribution < -0.4 is 9.47 Å². The molecule has 2 amide bonds. The molecule has 2 bridgehead atoms. The number of nitrogens with zero attached hydrogens (tertiary/aromatic N) is 2. The summed E-state index contributed by atoms with van der Waals surface area (Å²) in [5, 5.41) is 5.26. The number of hydrogen-bond acceptors (Lipinski definition) is 7. The van der Waals surface area contributed by atoms with Gasteiger partial charge in [0.15, 0.2) is 18.1 Å². The third kappa shape index (κ3) is 4.29. The third-order valence-corrected chi connectivity index (χ3v) is 6.23. The summed E-state index contributed by atoms with van der Waals surface area (Å²) in [5.41, 5.74) is 1.37. The van der Waals surface area contributed by atoms with E-state index in [1.165, 1.54) is 6.21 Å². The van der Waals surface area contributed by atoms with Crippen LogP contribution in [0.5, 0.6) is 11.5 Å². The Morgan fingerprint density at radius 2 is 1.82 bits per heavy atom. The minimum Gasteiger partial charge on any atom is -0.490 e. The molecule has 4 atom stereocenters. The molecule has 4 unspecified atom stereocenters. The zero-order chi connectivity index (χ0) is 23.5. The van der Waals surface area contributed by atoms with Gasteiger partial charge in [0.05, 0.1) is 31.3 Å². The first-order chi connectivity index (χ1) is 16.0. The number of hydrogen-bond donors (Lipinski definition) is 0. The number of allylic oxidation sites excluding steroid dienone is 3. The van der Waals surface area contributed by atoms with Crippen LogP contribution in [0.1, 0.15) is 31.4 Å². The predicted octanol–water partition coefficient (Wildman–Crippen LogP) is 2.90. The Labute approximate surface area is 192 Å². The van der Waals surface area contributed by atoms with Crippen molar-refractivity contribution >= 4 is 24.0 Å². The second kappa shape index (κ2) is 9.60. The van der Waals surface area contributed by atoms with Crippen LogP contribution in [0.25, 0.3) is 0 Å². The van der Waals surface area contributed by atoms with Crippen molar-refractivity contribution in [2.75, 3.05) is 19.8 Å². The fourth-order valence-corrected chi connectivity index (χ4v) is 4.95. The van der Waals surface area contributed by atoms with Gasteiger partial charge in [-0.2, -0.15) is 10.1 Å². The molecule has 1 saturated heterocycles. The monoisotopic (exact) mass is 452 g/mol. The molecule has 2 fully saturated rings. The first-order valence-corrected chi connectivity index (χ1v) is 11.3. The Kier molecular flexibility index (Phi) is 6.62. The van der Waals surface area contributed by atoms with Crippen LogP contribution >= 0.6 is 0 Å². The lowest BCUT2D eigenvalue weighted by atomic mass is 9.85. The summed E-state index contributed by atoms with van der Waals surface area (Å²) in [7, 11) is 0. The molecule has 0 radical (unpaired) electrons. The summed E-state index contributed by atoms with van der Waals surface area (Å²) < 4.78 is 16.4. The van der Waals surface area contributed by atoms with Gasteiger partial charge in [-0.3, -0.25) is 9.59 Å². The number of amides is 2. The molecule has 4 rings (SSSR count). The van der Waals surface area contributed by atoms with Crippen LogP contribution in [-0.4, -0.2) is 48.8 Å². The van der Waals surface area contributed by atoms with Crippen molar-refractivity contribution in [1.82, 2.24) is 5.01 Å². The normalized spacial score (nSPS) is 25.1. The van der Waals surface area contributed by atoms with Crippen LogP contribution in [0, 0.1) is 23.7 Å². The van der Waals surface area contributed by atoms with Crippen LogP contribution in [0.4, 0.5) is 0 Å². The highest BCUT2D eigenvalue weighted by molar-refractivity contribution is 6.06. The summed E-state index contributed by atoms with van der Waals surface area (Å²) in [6.45, 7) is 7.75. The number of ether oxygens (including phenoxy) is 3. The largest absolute Gasteiger partial charge is 0.490 e. The molecule has 1 heterocycles. The Balaban J connectivity index is 1.58. The van der Waals surface area contributed by atoms with Crippen molar-refractivity contribution < 1.29 is 28.6 Å². The van der Waals surface area contributed by atoms with Gasteiger partial charge in [0.2, 0.25) is 0 Å². The molecule has 1 aromatic carbocycles. The molecule has 174 valence electrons. The second-order valence-electron chi connectivity index (χ2n) is 8.26. The number of carbonyl (C=O) groups is 3. The molecule has 0 N–H and O–H groups in total. The maximum absolute atomic E-state index is 12.9. The third-order valence-electron chi connectivity index (χ3n) is 6.23. The number of hydrazone groups is 1. The van der Waals surface area contributed by atoms with Gasteiger partial charge in [-0.15, -0.1) is 6.58 Å². The molecular formula is C25H28N2O6. The van der Waals surface area contributed by atoms with Gasteiger partial charge in [0, 0.05) is 5.56 Å². The SMILES string of the molecule is C=CCc1cc(C=NN2C(=O)C3C4C=CC(C4)C3C2=O)cc(OCC)c1OCC(=O)OCC. The van der Waals surface area contributed by atoms with E-state index in [0.29, 0.717) is 30.1 Å². The van der Waals surface area contributed by atoms with Gasteiger partial charge in [-0.05, 0) is 56.2 Å². The lowest BCUT2D eigenvalue weighted by Gasteiger charge is -2.16. The van der Waals surface area contributed by atoms with Crippen LogP contribution in [0.2, 0.25) is 0 Å². The number of imide groups is 1. The molecular weight excluding hydrogens is 424 g/mol. The van der Waals surface area contributed by atoms with Gasteiger partial charge < -0.3 is 14.2 Å². The Morgan fingerprint density at radius 3 is 2.42 bits per heavy atom. The van der Waals surface area contributed by atoms with Crippen molar-refractivity contribution in [3.8, 4) is 11.5 Å². The average molecular weight is 453 g/mol. The van der Waals surface area contributed by atoms with Gasteiger partial charge in [-0.1, -0.05) is 18.2 Å². The maximum Gasteiger partial charge on any atom is 0.344 e. The van der Waals surface area contributed by atoms with Crippen molar-refractivity contribution in [1.29, 1.82) is 0 Å². The fourth-order valence-electron chi connectivity index (χ4n) is 4.95. The number of benzene rings is 1. The summed E-state index contributed by atoms with van der Waals surface area (Å²) in [6.07, 6.45) is 8.63. The fraction of sp³-hybridized carbons (Fsp3) is 0.440. The highest BCUT2D eigenvalue weighted by Crippen LogP contribution is 2.52. The summed E-state index contributed by atoms with van der Waals surface area (Å²) in [6, 6.07) is 3.52. The molecule has 33 heavy (non-hydrogen) atoms. The number of fused-ring (bicyclic) bond motifs is 5. The zero-order valence-corrected chi connectivity index (χ0v) is 18.9. The van der Waals surface area contributed by atoms with Gasteiger partial charge in [0.1, 0.15) is 0 Å². The van der Waals surface area contributed by atoms with E-state index in [-0.39, 0.29) is 48.7 Å². The minimum absolute atomic E-state index is 0.135. The highest BCUT2D eigenvalue weighted by Gasteiger charge is 2.59. The highest BCUT2D eigenvalue weighted by atomic mass is 16.6. The first kappa shape index (κ1) is 22.8.